The molecule has 0 saturated carbocycles. The first-order valence-electron chi connectivity index (χ1n) is 9.13. The Morgan fingerprint density at radius 3 is 2.36 bits per heavy atom. The van der Waals surface area contributed by atoms with Gasteiger partial charge in [-0.05, 0) is 28.3 Å². The zero-order valence-corrected chi connectivity index (χ0v) is 18.7. The number of nitrogens with zero attached hydrogens (tertiary/aromatic N) is 5. The summed E-state index contributed by atoms with van der Waals surface area (Å²) in [7, 11) is 5.59. The number of ether oxygens (including phenoxy) is 3. The molecule has 0 saturated heterocycles. The van der Waals surface area contributed by atoms with E-state index in [1.807, 2.05) is 0 Å². The summed E-state index contributed by atoms with van der Waals surface area (Å²) in [5.41, 5.74) is -0.253. The van der Waals surface area contributed by atoms with Crippen molar-refractivity contribution in [2.45, 2.75) is 10.1 Å². The number of anilines is 1. The maximum atomic E-state index is 13.2. The van der Waals surface area contributed by atoms with Gasteiger partial charge in [-0.1, -0.05) is 0 Å². The van der Waals surface area contributed by atoms with Gasteiger partial charge in [0.15, 0.2) is 11.5 Å². The quantitative estimate of drug-likeness (QED) is 0.290. The number of aryl methyl sites for hydroxylation is 1. The molecule has 172 valence electrons. The minimum atomic E-state index is -0.731. The summed E-state index contributed by atoms with van der Waals surface area (Å²) in [6.07, 6.45) is 0. The molecular formula is C19H18N6O7S. The summed E-state index contributed by atoms with van der Waals surface area (Å²) in [5.74, 6) is -0.949. The number of nitrogens with one attached hydrogen (secondary N) is 1. The first kappa shape index (κ1) is 23.5. The van der Waals surface area contributed by atoms with E-state index in [2.05, 4.69) is 20.8 Å². The Kier molecular flexibility index (Phi) is 7.07. The minimum Gasteiger partial charge on any atom is -0.493 e. The van der Waals surface area contributed by atoms with E-state index in [-0.39, 0.29) is 34.0 Å². The number of hydrogen-bond donors (Lipinski definition) is 1. The molecule has 0 atom stereocenters. The normalized spacial score (nSPS) is 10.4. The van der Waals surface area contributed by atoms with Crippen LogP contribution in [0.1, 0.15) is 20.7 Å². The van der Waals surface area contributed by atoms with Crippen LogP contribution in [0.2, 0.25) is 0 Å². The van der Waals surface area contributed by atoms with Gasteiger partial charge in [0.25, 0.3) is 11.6 Å². The SMILES string of the molecule is COC(=O)c1cc(OC)c(OC)cc1NC(=O)c1cc([N+](=O)[O-])ccc1Sc1nnnn1C. The van der Waals surface area contributed by atoms with Gasteiger partial charge in [0.2, 0.25) is 5.16 Å². The second-order valence-electron chi connectivity index (χ2n) is 6.32. The van der Waals surface area contributed by atoms with Gasteiger partial charge in [0.05, 0.1) is 43.1 Å². The average molecular weight is 474 g/mol. The van der Waals surface area contributed by atoms with Gasteiger partial charge in [-0.3, -0.25) is 14.9 Å². The fourth-order valence-electron chi connectivity index (χ4n) is 2.75. The minimum absolute atomic E-state index is 0.000588. The number of tetrazole rings is 1. The Balaban J connectivity index is 2.06. The van der Waals surface area contributed by atoms with Crippen molar-refractivity contribution in [2.75, 3.05) is 26.6 Å². The van der Waals surface area contributed by atoms with Crippen LogP contribution in [0.3, 0.4) is 0 Å². The standard InChI is InChI=1S/C19H18N6O7S/c1-24-19(21-22-23-24)33-16-6-5-10(25(28)29)7-12(16)17(26)20-13-9-15(31-3)14(30-2)8-11(13)18(27)32-4/h5-9H,1-4H3,(H,20,26). The number of carbonyl (C=O) groups excluding carboxylic acids is 2. The molecule has 0 aliphatic rings. The smallest absolute Gasteiger partial charge is 0.340 e. The van der Waals surface area contributed by atoms with Gasteiger partial charge in [-0.2, -0.15) is 0 Å². The lowest BCUT2D eigenvalue weighted by atomic mass is 10.1. The third-order valence-electron chi connectivity index (χ3n) is 4.38. The fourth-order valence-corrected chi connectivity index (χ4v) is 3.60. The summed E-state index contributed by atoms with van der Waals surface area (Å²) in [6.45, 7) is 0. The highest BCUT2D eigenvalue weighted by Crippen LogP contribution is 2.35. The van der Waals surface area contributed by atoms with Gasteiger partial charge in [-0.15, -0.1) is 5.10 Å². The molecule has 1 heterocycles. The van der Waals surface area contributed by atoms with Crippen molar-refractivity contribution in [3.63, 3.8) is 0 Å². The van der Waals surface area contributed by atoms with E-state index in [0.29, 0.717) is 10.1 Å². The van der Waals surface area contributed by atoms with Gasteiger partial charge in [-0.25, -0.2) is 9.48 Å². The van der Waals surface area contributed by atoms with Gasteiger partial charge >= 0.3 is 5.97 Å². The molecule has 2 aromatic carbocycles. The number of nitro groups is 1. The Bertz CT molecular complexity index is 1230. The van der Waals surface area contributed by atoms with Crippen molar-refractivity contribution < 1.29 is 28.7 Å². The average Bonchev–Trinajstić information content (AvgIpc) is 3.22. The zero-order valence-electron chi connectivity index (χ0n) is 17.9. The van der Waals surface area contributed by atoms with E-state index in [1.54, 1.807) is 7.05 Å². The van der Waals surface area contributed by atoms with Crippen LogP contribution < -0.4 is 14.8 Å². The second-order valence-corrected chi connectivity index (χ2v) is 7.33. The topological polar surface area (TPSA) is 161 Å². The third kappa shape index (κ3) is 5.01. The number of non-ortho nitro benzene ring substituents is 1. The van der Waals surface area contributed by atoms with Crippen molar-refractivity contribution in [2.24, 2.45) is 7.05 Å². The Morgan fingerprint density at radius 1 is 1.09 bits per heavy atom. The van der Waals surface area contributed by atoms with Crippen molar-refractivity contribution in [1.29, 1.82) is 0 Å². The van der Waals surface area contributed by atoms with Crippen molar-refractivity contribution in [1.82, 2.24) is 20.2 Å². The molecule has 0 spiro atoms. The number of nitro benzene ring substituents is 1. The lowest BCUT2D eigenvalue weighted by Gasteiger charge is -2.15. The molecule has 0 aliphatic carbocycles. The number of hydrogen-bond acceptors (Lipinski definition) is 11. The van der Waals surface area contributed by atoms with E-state index in [9.17, 15) is 19.7 Å². The Hall–Kier alpha value is -4.20. The highest BCUT2D eigenvalue weighted by molar-refractivity contribution is 7.99. The van der Waals surface area contributed by atoms with Crippen LogP contribution in [-0.4, -0.2) is 58.3 Å². The molecule has 0 unspecified atom stereocenters. The summed E-state index contributed by atoms with van der Waals surface area (Å²) < 4.78 is 16.6. The maximum Gasteiger partial charge on any atom is 0.340 e. The van der Waals surface area contributed by atoms with Crippen LogP contribution in [0.5, 0.6) is 11.5 Å². The summed E-state index contributed by atoms with van der Waals surface area (Å²) in [5, 5.41) is 25.4. The van der Waals surface area contributed by atoms with E-state index in [4.69, 9.17) is 14.2 Å². The van der Waals surface area contributed by atoms with Crippen molar-refractivity contribution in [3.05, 3.63) is 51.6 Å². The van der Waals surface area contributed by atoms with E-state index < -0.39 is 16.8 Å². The molecule has 0 aliphatic heterocycles. The van der Waals surface area contributed by atoms with E-state index in [1.165, 1.54) is 50.3 Å². The zero-order chi connectivity index (χ0) is 24.1. The summed E-state index contributed by atoms with van der Waals surface area (Å²) in [6, 6.07) is 6.55. The summed E-state index contributed by atoms with van der Waals surface area (Å²) >= 11 is 1.04. The Labute approximate surface area is 191 Å². The fraction of sp³-hybridized carbons (Fsp3) is 0.211. The van der Waals surface area contributed by atoms with Gasteiger partial charge < -0.3 is 19.5 Å². The van der Waals surface area contributed by atoms with Gasteiger partial charge in [0.1, 0.15) is 0 Å². The summed E-state index contributed by atoms with van der Waals surface area (Å²) in [4.78, 5) is 36.5. The number of rotatable bonds is 8. The first-order chi connectivity index (χ1) is 15.8. The maximum absolute atomic E-state index is 13.2. The molecule has 0 bridgehead atoms. The molecule has 33 heavy (non-hydrogen) atoms. The monoisotopic (exact) mass is 474 g/mol. The number of aromatic nitrogens is 4. The molecule has 1 N–H and O–H groups in total. The Morgan fingerprint density at radius 2 is 1.79 bits per heavy atom. The lowest BCUT2D eigenvalue weighted by molar-refractivity contribution is -0.384. The molecular weight excluding hydrogens is 456 g/mol. The molecule has 1 aromatic heterocycles. The van der Waals surface area contributed by atoms with Crippen molar-refractivity contribution in [3.8, 4) is 11.5 Å². The number of carbonyl (C=O) groups is 2. The number of methoxy groups -OCH3 is 3. The third-order valence-corrected chi connectivity index (χ3v) is 5.48. The molecule has 3 rings (SSSR count). The van der Waals surface area contributed by atoms with Gasteiger partial charge in [0, 0.05) is 36.2 Å². The molecule has 0 radical (unpaired) electrons. The van der Waals surface area contributed by atoms with Crippen LogP contribution in [-0.2, 0) is 11.8 Å². The number of amides is 1. The van der Waals surface area contributed by atoms with E-state index >= 15 is 0 Å². The first-order valence-corrected chi connectivity index (χ1v) is 9.95. The number of benzene rings is 2. The van der Waals surface area contributed by atoms with Crippen LogP contribution in [0.25, 0.3) is 0 Å². The lowest BCUT2D eigenvalue weighted by Crippen LogP contribution is -2.17. The van der Waals surface area contributed by atoms with E-state index in [0.717, 1.165) is 17.8 Å². The van der Waals surface area contributed by atoms with Crippen LogP contribution in [0.15, 0.2) is 40.4 Å². The highest BCUT2D eigenvalue weighted by Gasteiger charge is 2.23. The predicted molar refractivity (Wildman–Crippen MR) is 115 cm³/mol. The molecule has 14 heteroatoms. The largest absolute Gasteiger partial charge is 0.493 e. The predicted octanol–water partition coefficient (Wildman–Crippen LogP) is 2.33. The molecule has 0 fully saturated rings. The highest BCUT2D eigenvalue weighted by atomic mass is 32.2. The second kappa shape index (κ2) is 9.95. The molecule has 1 amide bonds. The van der Waals surface area contributed by atoms with Crippen LogP contribution in [0, 0.1) is 10.1 Å². The van der Waals surface area contributed by atoms with Crippen LogP contribution >= 0.6 is 11.8 Å². The van der Waals surface area contributed by atoms with Crippen molar-refractivity contribution >= 4 is 35.0 Å². The molecule has 3 aromatic rings. The van der Waals surface area contributed by atoms with Crippen LogP contribution in [0.4, 0.5) is 11.4 Å². The molecule has 13 nitrogen and oxygen atoms in total. The number of esters is 1.